The van der Waals surface area contributed by atoms with Crippen LogP contribution in [0, 0.1) is 0 Å². The smallest absolute Gasteiger partial charge is 0.226 e. The molecule has 0 aliphatic rings. The normalized spacial score (nSPS) is 11.4. The van der Waals surface area contributed by atoms with E-state index >= 15 is 0 Å². The number of fused-ring (bicyclic) bond motifs is 1. The van der Waals surface area contributed by atoms with Crippen molar-refractivity contribution in [2.24, 2.45) is 0 Å². The van der Waals surface area contributed by atoms with Crippen LogP contribution in [0.3, 0.4) is 0 Å². The lowest BCUT2D eigenvalue weighted by molar-refractivity contribution is 0.0785. The van der Waals surface area contributed by atoms with Crippen LogP contribution in [0.1, 0.15) is 37.0 Å². The van der Waals surface area contributed by atoms with Crippen molar-refractivity contribution in [1.29, 1.82) is 0 Å². The van der Waals surface area contributed by atoms with Gasteiger partial charge in [0.15, 0.2) is 5.65 Å². The van der Waals surface area contributed by atoms with Gasteiger partial charge in [-0.15, -0.1) is 0 Å². The van der Waals surface area contributed by atoms with E-state index in [2.05, 4.69) is 32.7 Å². The van der Waals surface area contributed by atoms with Gasteiger partial charge in [-0.25, -0.2) is 4.98 Å². The number of ether oxygens (including phenoxy) is 2. The van der Waals surface area contributed by atoms with Crippen molar-refractivity contribution in [3.63, 3.8) is 0 Å². The average molecular weight is 488 g/mol. The molecule has 0 unspecified atom stereocenters. The van der Waals surface area contributed by atoms with E-state index in [1.807, 2.05) is 42.5 Å². The molecule has 0 aliphatic heterocycles. The summed E-state index contributed by atoms with van der Waals surface area (Å²) in [6.07, 6.45) is 3.50. The standard InChI is InChI=1S/C28H33N5O3/c1-28(2,34)21-10-5-8-19(14-21)9-6-13-30-27-32-25-24(11-7-12-29-25)26(33-27)31-18-20-15-22(35-3)17-23(16-20)36-4/h5,7-8,10-12,14-17,34H,6,9,13,18H2,1-4H3,(H2,29,30,31,32,33). The molecular formula is C28H33N5O3. The molecule has 3 N–H and O–H groups in total. The molecule has 0 saturated heterocycles. The van der Waals surface area contributed by atoms with Gasteiger partial charge in [-0.1, -0.05) is 24.3 Å². The second kappa shape index (κ2) is 11.2. The van der Waals surface area contributed by atoms with E-state index in [0.717, 1.165) is 40.9 Å². The van der Waals surface area contributed by atoms with E-state index in [1.54, 1.807) is 34.3 Å². The first kappa shape index (κ1) is 25.2. The largest absolute Gasteiger partial charge is 0.497 e. The molecule has 0 bridgehead atoms. The Labute approximate surface area is 211 Å². The molecule has 0 fully saturated rings. The van der Waals surface area contributed by atoms with Crippen molar-refractivity contribution >= 4 is 22.8 Å². The molecule has 0 aliphatic carbocycles. The number of rotatable bonds is 11. The summed E-state index contributed by atoms with van der Waals surface area (Å²) in [5.41, 5.74) is 2.89. The van der Waals surface area contributed by atoms with E-state index in [9.17, 15) is 5.11 Å². The molecule has 2 aromatic heterocycles. The Morgan fingerprint density at radius 2 is 1.67 bits per heavy atom. The van der Waals surface area contributed by atoms with E-state index in [1.165, 1.54) is 5.56 Å². The minimum Gasteiger partial charge on any atom is -0.497 e. The van der Waals surface area contributed by atoms with Gasteiger partial charge in [-0.2, -0.15) is 9.97 Å². The Balaban J connectivity index is 1.44. The number of hydrogen-bond donors (Lipinski definition) is 3. The first-order valence-corrected chi connectivity index (χ1v) is 12.0. The van der Waals surface area contributed by atoms with Crippen LogP contribution in [0.4, 0.5) is 11.8 Å². The number of pyridine rings is 1. The zero-order valence-corrected chi connectivity index (χ0v) is 21.2. The Morgan fingerprint density at radius 3 is 2.39 bits per heavy atom. The summed E-state index contributed by atoms with van der Waals surface area (Å²) < 4.78 is 10.8. The summed E-state index contributed by atoms with van der Waals surface area (Å²) in [6.45, 7) is 4.84. The maximum absolute atomic E-state index is 10.3. The zero-order valence-electron chi connectivity index (χ0n) is 21.2. The minimum absolute atomic E-state index is 0.525. The van der Waals surface area contributed by atoms with E-state index in [0.29, 0.717) is 30.5 Å². The molecule has 188 valence electrons. The summed E-state index contributed by atoms with van der Waals surface area (Å²) in [5, 5.41) is 17.9. The van der Waals surface area contributed by atoms with Crippen LogP contribution in [0.5, 0.6) is 11.5 Å². The third-order valence-corrected chi connectivity index (χ3v) is 5.90. The Kier molecular flexibility index (Phi) is 7.85. The minimum atomic E-state index is -0.848. The summed E-state index contributed by atoms with van der Waals surface area (Å²) >= 11 is 0. The van der Waals surface area contributed by atoms with Crippen LogP contribution < -0.4 is 20.1 Å². The number of methoxy groups -OCH3 is 2. The van der Waals surface area contributed by atoms with Gasteiger partial charge >= 0.3 is 0 Å². The fraction of sp³-hybridized carbons (Fsp3) is 0.321. The van der Waals surface area contributed by atoms with Gasteiger partial charge in [-0.3, -0.25) is 0 Å². The SMILES string of the molecule is COc1cc(CNc2nc(NCCCc3cccc(C(C)(C)O)c3)nc3ncccc23)cc(OC)c1. The number of benzene rings is 2. The number of aryl methyl sites for hydroxylation is 1. The van der Waals surface area contributed by atoms with Crippen LogP contribution in [0.25, 0.3) is 11.0 Å². The van der Waals surface area contributed by atoms with Crippen molar-refractivity contribution in [1.82, 2.24) is 15.0 Å². The van der Waals surface area contributed by atoms with Gasteiger partial charge in [0.1, 0.15) is 17.3 Å². The quantitative estimate of drug-likeness (QED) is 0.256. The fourth-order valence-electron chi connectivity index (χ4n) is 3.93. The maximum Gasteiger partial charge on any atom is 0.226 e. The monoisotopic (exact) mass is 487 g/mol. The van der Waals surface area contributed by atoms with Crippen LogP contribution >= 0.6 is 0 Å². The Bertz CT molecular complexity index is 1300. The number of hydrogen-bond acceptors (Lipinski definition) is 8. The summed E-state index contributed by atoms with van der Waals surface area (Å²) in [4.78, 5) is 13.7. The molecule has 0 spiro atoms. The van der Waals surface area contributed by atoms with Gasteiger partial charge in [0.2, 0.25) is 5.95 Å². The topological polar surface area (TPSA) is 101 Å². The van der Waals surface area contributed by atoms with Crippen LogP contribution in [0.2, 0.25) is 0 Å². The highest BCUT2D eigenvalue weighted by Gasteiger charge is 2.15. The first-order chi connectivity index (χ1) is 17.4. The van der Waals surface area contributed by atoms with Crippen LogP contribution in [-0.4, -0.2) is 40.8 Å². The van der Waals surface area contributed by atoms with Gasteiger partial charge in [0.25, 0.3) is 0 Å². The highest BCUT2D eigenvalue weighted by molar-refractivity contribution is 5.87. The van der Waals surface area contributed by atoms with Crippen molar-refractivity contribution < 1.29 is 14.6 Å². The Morgan fingerprint density at radius 1 is 0.889 bits per heavy atom. The third kappa shape index (κ3) is 6.40. The van der Waals surface area contributed by atoms with Crippen molar-refractivity contribution in [2.75, 3.05) is 31.4 Å². The lowest BCUT2D eigenvalue weighted by atomic mass is 9.95. The number of anilines is 2. The Hall–Kier alpha value is -3.91. The second-order valence-corrected chi connectivity index (χ2v) is 9.13. The first-order valence-electron chi connectivity index (χ1n) is 12.0. The number of nitrogens with zero attached hydrogens (tertiary/aromatic N) is 3. The summed E-state index contributed by atoms with van der Waals surface area (Å²) in [7, 11) is 3.27. The number of aliphatic hydroxyl groups is 1. The number of aromatic nitrogens is 3. The molecule has 36 heavy (non-hydrogen) atoms. The van der Waals surface area contributed by atoms with Crippen molar-refractivity contribution in [2.45, 2.75) is 38.8 Å². The van der Waals surface area contributed by atoms with E-state index < -0.39 is 5.60 Å². The van der Waals surface area contributed by atoms with Crippen LogP contribution in [-0.2, 0) is 18.6 Å². The fourth-order valence-corrected chi connectivity index (χ4v) is 3.93. The molecule has 4 aromatic rings. The van der Waals surface area contributed by atoms with E-state index in [4.69, 9.17) is 14.5 Å². The maximum atomic E-state index is 10.3. The molecule has 2 heterocycles. The summed E-state index contributed by atoms with van der Waals surface area (Å²) in [5.74, 6) is 2.69. The summed E-state index contributed by atoms with van der Waals surface area (Å²) in [6, 6.07) is 17.7. The molecule has 8 nitrogen and oxygen atoms in total. The van der Waals surface area contributed by atoms with Crippen LogP contribution in [0.15, 0.2) is 60.8 Å². The molecule has 0 radical (unpaired) electrons. The highest BCUT2D eigenvalue weighted by atomic mass is 16.5. The second-order valence-electron chi connectivity index (χ2n) is 9.13. The molecule has 0 saturated carbocycles. The molecule has 8 heteroatoms. The van der Waals surface area contributed by atoms with Gasteiger partial charge in [-0.05, 0) is 67.6 Å². The predicted molar refractivity (Wildman–Crippen MR) is 143 cm³/mol. The lowest BCUT2D eigenvalue weighted by Crippen LogP contribution is -2.15. The molecular weight excluding hydrogens is 454 g/mol. The van der Waals surface area contributed by atoms with Crippen molar-refractivity contribution in [3.05, 3.63) is 77.5 Å². The van der Waals surface area contributed by atoms with Gasteiger partial charge in [0, 0.05) is 25.4 Å². The molecule has 2 aromatic carbocycles. The molecule has 0 amide bonds. The average Bonchev–Trinajstić information content (AvgIpc) is 2.89. The van der Waals surface area contributed by atoms with Crippen molar-refractivity contribution in [3.8, 4) is 11.5 Å². The highest BCUT2D eigenvalue weighted by Crippen LogP contribution is 2.25. The molecule has 4 rings (SSSR count). The van der Waals surface area contributed by atoms with Gasteiger partial charge < -0.3 is 25.2 Å². The number of nitrogens with one attached hydrogen (secondary N) is 2. The lowest BCUT2D eigenvalue weighted by Gasteiger charge is -2.18. The van der Waals surface area contributed by atoms with Gasteiger partial charge in [0.05, 0.1) is 25.2 Å². The third-order valence-electron chi connectivity index (χ3n) is 5.90. The van der Waals surface area contributed by atoms with E-state index in [-0.39, 0.29) is 0 Å². The zero-order chi connectivity index (χ0) is 25.5. The predicted octanol–water partition coefficient (Wildman–Crippen LogP) is 4.93. The molecule has 0 atom stereocenters.